The number of likely N-dealkylation sites (N-methyl/N-ethyl adjacent to an activating group) is 1. The minimum absolute atomic E-state index is 0.104. The van der Waals surface area contributed by atoms with Gasteiger partial charge < -0.3 is 9.84 Å². The van der Waals surface area contributed by atoms with Gasteiger partial charge in [-0.05, 0) is 61.5 Å². The second-order valence-electron chi connectivity index (χ2n) is 5.67. The van der Waals surface area contributed by atoms with Crippen molar-refractivity contribution in [1.29, 1.82) is 0 Å². The van der Waals surface area contributed by atoms with Gasteiger partial charge in [0.15, 0.2) is 16.7 Å². The van der Waals surface area contributed by atoms with Crippen molar-refractivity contribution >= 4 is 46.2 Å². The van der Waals surface area contributed by atoms with E-state index >= 15 is 0 Å². The van der Waals surface area contributed by atoms with Crippen LogP contribution in [-0.4, -0.2) is 34.2 Å². The van der Waals surface area contributed by atoms with Gasteiger partial charge >= 0.3 is 0 Å². The molecule has 140 valence electrons. The number of amides is 1. The first kappa shape index (κ1) is 19.3. The average molecular weight is 403 g/mol. The summed E-state index contributed by atoms with van der Waals surface area (Å²) in [5.41, 5.74) is 1.47. The first-order chi connectivity index (χ1) is 13.0. The quantitative estimate of drug-likeness (QED) is 0.709. The molecule has 0 spiro atoms. The van der Waals surface area contributed by atoms with Crippen LogP contribution in [0.25, 0.3) is 6.08 Å². The van der Waals surface area contributed by atoms with E-state index in [1.54, 1.807) is 23.1 Å². The zero-order chi connectivity index (χ0) is 19.4. The normalized spacial score (nSPS) is 17.1. The smallest absolute Gasteiger partial charge is 0.266 e. The highest BCUT2D eigenvalue weighted by Gasteiger charge is 2.32. The lowest BCUT2D eigenvalue weighted by Gasteiger charge is -2.12. The van der Waals surface area contributed by atoms with E-state index in [1.165, 1.54) is 11.8 Å². The average Bonchev–Trinajstić information content (AvgIpc) is 2.94. The Morgan fingerprint density at radius 3 is 2.67 bits per heavy atom. The van der Waals surface area contributed by atoms with E-state index in [4.69, 9.17) is 16.3 Å². The van der Waals surface area contributed by atoms with Crippen molar-refractivity contribution in [3.8, 4) is 11.5 Å². The molecule has 3 rings (SSSR count). The summed E-state index contributed by atoms with van der Waals surface area (Å²) in [5, 5.41) is 10.8. The molecule has 0 saturated carbocycles. The van der Waals surface area contributed by atoms with Crippen LogP contribution in [0.5, 0.6) is 11.5 Å². The first-order valence-corrected chi connectivity index (χ1v) is 9.73. The molecule has 2 aromatic carbocycles. The Bertz CT molecular complexity index is 913. The summed E-state index contributed by atoms with van der Waals surface area (Å²) in [6.07, 6.45) is 1.73. The van der Waals surface area contributed by atoms with Gasteiger partial charge in [0.05, 0.1) is 22.2 Å². The van der Waals surface area contributed by atoms with Crippen molar-refractivity contribution in [1.82, 2.24) is 4.90 Å². The van der Waals surface area contributed by atoms with Gasteiger partial charge in [-0.25, -0.2) is 4.99 Å². The van der Waals surface area contributed by atoms with Crippen molar-refractivity contribution in [2.75, 3.05) is 13.2 Å². The molecule has 27 heavy (non-hydrogen) atoms. The topological polar surface area (TPSA) is 62.1 Å². The van der Waals surface area contributed by atoms with E-state index in [2.05, 4.69) is 4.99 Å². The van der Waals surface area contributed by atoms with E-state index in [0.717, 1.165) is 5.69 Å². The number of nitrogens with zero attached hydrogens (tertiary/aromatic N) is 2. The van der Waals surface area contributed by atoms with Crippen LogP contribution in [0.15, 0.2) is 52.4 Å². The third kappa shape index (κ3) is 4.28. The summed E-state index contributed by atoms with van der Waals surface area (Å²) >= 11 is 7.39. The van der Waals surface area contributed by atoms with Crippen molar-refractivity contribution in [2.24, 2.45) is 4.99 Å². The Hall–Kier alpha value is -2.44. The van der Waals surface area contributed by atoms with E-state index < -0.39 is 0 Å². The third-order valence-corrected chi connectivity index (χ3v) is 5.13. The lowest BCUT2D eigenvalue weighted by Crippen LogP contribution is -2.28. The molecule has 1 fully saturated rings. The highest BCUT2D eigenvalue weighted by Crippen LogP contribution is 2.38. The summed E-state index contributed by atoms with van der Waals surface area (Å²) in [7, 11) is 0. The molecule has 5 nitrogen and oxygen atoms in total. The van der Waals surface area contributed by atoms with E-state index in [0.29, 0.717) is 28.8 Å². The number of aliphatic imine (C=N–C) groups is 1. The standard InChI is InChI=1S/C20H19ClN2O3S/c1-3-23-19(25)17(27-20(23)22-14-8-6-5-7-9-14)12-13-10-15(21)18(24)16(11-13)26-4-2/h5-12,24H,3-4H2,1-2H3/b17-12+,22-20?. The number of para-hydroxylation sites is 1. The van der Waals surface area contributed by atoms with Crippen LogP contribution in [0.4, 0.5) is 5.69 Å². The number of aromatic hydroxyl groups is 1. The lowest BCUT2D eigenvalue weighted by atomic mass is 10.2. The lowest BCUT2D eigenvalue weighted by molar-refractivity contribution is -0.122. The number of carbonyl (C=O) groups is 1. The molecule has 1 aliphatic rings. The number of phenols is 1. The molecule has 7 heteroatoms. The summed E-state index contributed by atoms with van der Waals surface area (Å²) in [4.78, 5) is 19.5. The van der Waals surface area contributed by atoms with Gasteiger partial charge in [-0.1, -0.05) is 29.8 Å². The second kappa shape index (κ2) is 8.50. The number of amidine groups is 1. The van der Waals surface area contributed by atoms with Gasteiger partial charge in [-0.3, -0.25) is 9.69 Å². The molecule has 0 aliphatic carbocycles. The Morgan fingerprint density at radius 1 is 1.26 bits per heavy atom. The monoisotopic (exact) mass is 402 g/mol. The predicted octanol–water partition coefficient (Wildman–Crippen LogP) is 5.07. The van der Waals surface area contributed by atoms with E-state index in [9.17, 15) is 9.90 Å². The fraction of sp³-hybridized carbons (Fsp3) is 0.200. The largest absolute Gasteiger partial charge is 0.503 e. The fourth-order valence-electron chi connectivity index (χ4n) is 2.58. The summed E-state index contributed by atoms with van der Waals surface area (Å²) < 4.78 is 5.40. The van der Waals surface area contributed by atoms with Crippen LogP contribution in [0.1, 0.15) is 19.4 Å². The third-order valence-electron chi connectivity index (χ3n) is 3.83. The van der Waals surface area contributed by atoms with Gasteiger partial charge in [-0.2, -0.15) is 0 Å². The maximum Gasteiger partial charge on any atom is 0.266 e. The molecule has 0 unspecified atom stereocenters. The van der Waals surface area contributed by atoms with Gasteiger partial charge in [0, 0.05) is 6.54 Å². The Morgan fingerprint density at radius 2 is 2.00 bits per heavy atom. The molecule has 0 bridgehead atoms. The van der Waals surface area contributed by atoms with Crippen LogP contribution in [-0.2, 0) is 4.79 Å². The minimum atomic E-state index is -0.112. The molecule has 0 atom stereocenters. The number of ether oxygens (including phenoxy) is 1. The molecule has 1 heterocycles. The zero-order valence-electron chi connectivity index (χ0n) is 15.0. The van der Waals surface area contributed by atoms with Crippen molar-refractivity contribution in [3.05, 3.63) is 58.0 Å². The number of hydrogen-bond donors (Lipinski definition) is 1. The van der Waals surface area contributed by atoms with E-state index in [-0.39, 0.29) is 22.4 Å². The number of hydrogen-bond acceptors (Lipinski definition) is 5. The Labute approximate surface area is 167 Å². The Balaban J connectivity index is 1.95. The van der Waals surface area contributed by atoms with Crippen LogP contribution in [0.3, 0.4) is 0 Å². The first-order valence-electron chi connectivity index (χ1n) is 8.54. The minimum Gasteiger partial charge on any atom is -0.503 e. The molecule has 0 radical (unpaired) electrons. The molecule has 2 aromatic rings. The SMILES string of the molecule is CCOc1cc(/C=C2/SC(=Nc3ccccc3)N(CC)C2=O)cc(Cl)c1O. The van der Waals surface area contributed by atoms with E-state index in [1.807, 2.05) is 44.2 Å². The molecular formula is C20H19ClN2O3S. The number of phenolic OH excluding ortho intramolecular Hbond substituents is 1. The summed E-state index contributed by atoms with van der Waals surface area (Å²) in [6, 6.07) is 12.8. The van der Waals surface area contributed by atoms with Crippen LogP contribution < -0.4 is 4.74 Å². The van der Waals surface area contributed by atoms with Crippen molar-refractivity contribution in [2.45, 2.75) is 13.8 Å². The highest BCUT2D eigenvalue weighted by atomic mass is 35.5. The van der Waals surface area contributed by atoms with Gasteiger partial charge in [0.25, 0.3) is 5.91 Å². The number of carbonyl (C=O) groups excluding carboxylic acids is 1. The predicted molar refractivity (Wildman–Crippen MR) is 111 cm³/mol. The molecule has 1 aliphatic heterocycles. The summed E-state index contributed by atoms with van der Waals surface area (Å²) in [5.74, 6) is 0.0738. The van der Waals surface area contributed by atoms with Gasteiger partial charge in [0.2, 0.25) is 0 Å². The van der Waals surface area contributed by atoms with Crippen molar-refractivity contribution in [3.63, 3.8) is 0 Å². The molecule has 1 saturated heterocycles. The molecule has 1 amide bonds. The maximum absolute atomic E-state index is 12.7. The molecular weight excluding hydrogens is 384 g/mol. The van der Waals surface area contributed by atoms with Crippen LogP contribution >= 0.6 is 23.4 Å². The fourth-order valence-corrected chi connectivity index (χ4v) is 3.86. The zero-order valence-corrected chi connectivity index (χ0v) is 16.5. The number of thioether (sulfide) groups is 1. The molecule has 0 aromatic heterocycles. The Kier molecular flexibility index (Phi) is 6.08. The number of halogens is 1. The van der Waals surface area contributed by atoms with Crippen molar-refractivity contribution < 1.29 is 14.6 Å². The van der Waals surface area contributed by atoms with Crippen LogP contribution in [0, 0.1) is 0 Å². The number of benzene rings is 2. The summed E-state index contributed by atoms with van der Waals surface area (Å²) in [6.45, 7) is 4.65. The maximum atomic E-state index is 12.7. The highest BCUT2D eigenvalue weighted by molar-refractivity contribution is 8.18. The van der Waals surface area contributed by atoms with Gasteiger partial charge in [-0.15, -0.1) is 0 Å². The second-order valence-corrected chi connectivity index (χ2v) is 7.09. The van der Waals surface area contributed by atoms with Gasteiger partial charge in [0.1, 0.15) is 0 Å². The number of rotatable bonds is 5. The molecule has 1 N–H and O–H groups in total. The van der Waals surface area contributed by atoms with Crippen LogP contribution in [0.2, 0.25) is 5.02 Å².